The molecule has 0 aromatic heterocycles. The minimum Gasteiger partial charge on any atom is -0.395 e. The molecule has 1 fully saturated rings. The second-order valence-electron chi connectivity index (χ2n) is 5.08. The van der Waals surface area contributed by atoms with Gasteiger partial charge < -0.3 is 10.0 Å². The molecule has 0 unspecified atom stereocenters. The zero-order valence-electron chi connectivity index (χ0n) is 12.1. The molecule has 2 rings (SSSR count). The SMILES string of the molecule is CCN(C(=O)c1cccc(C#CCCO)c1C)C1CC1. The van der Waals surface area contributed by atoms with E-state index in [0.717, 1.165) is 36.1 Å². The van der Waals surface area contributed by atoms with Crippen molar-refractivity contribution in [2.24, 2.45) is 0 Å². The third kappa shape index (κ3) is 3.20. The smallest absolute Gasteiger partial charge is 0.254 e. The van der Waals surface area contributed by atoms with Crippen molar-refractivity contribution in [1.29, 1.82) is 0 Å². The van der Waals surface area contributed by atoms with Crippen LogP contribution in [0.15, 0.2) is 18.2 Å². The molecule has 1 aromatic carbocycles. The summed E-state index contributed by atoms with van der Waals surface area (Å²) in [5.74, 6) is 6.05. The summed E-state index contributed by atoms with van der Waals surface area (Å²) in [6, 6.07) is 6.10. The fourth-order valence-electron chi connectivity index (χ4n) is 2.32. The predicted octanol–water partition coefficient (Wildman–Crippen LogP) is 2.35. The van der Waals surface area contributed by atoms with E-state index in [-0.39, 0.29) is 12.5 Å². The van der Waals surface area contributed by atoms with E-state index in [1.807, 2.05) is 36.9 Å². The summed E-state index contributed by atoms with van der Waals surface area (Å²) >= 11 is 0. The van der Waals surface area contributed by atoms with Gasteiger partial charge in [-0.25, -0.2) is 0 Å². The maximum absolute atomic E-state index is 12.6. The number of benzene rings is 1. The minimum atomic E-state index is 0.0654. The van der Waals surface area contributed by atoms with Crippen molar-refractivity contribution in [3.63, 3.8) is 0 Å². The number of rotatable bonds is 4. The van der Waals surface area contributed by atoms with Gasteiger partial charge in [-0.05, 0) is 44.4 Å². The summed E-state index contributed by atoms with van der Waals surface area (Å²) in [5.41, 5.74) is 2.55. The van der Waals surface area contributed by atoms with Gasteiger partial charge in [-0.15, -0.1) is 0 Å². The average molecular weight is 271 g/mol. The standard InChI is InChI=1S/C17H21NO2/c1-3-18(15-10-11-15)17(20)16-9-6-8-14(13(16)2)7-4-5-12-19/h6,8-9,15,19H,3,5,10-12H2,1-2H3. The van der Waals surface area contributed by atoms with Gasteiger partial charge >= 0.3 is 0 Å². The summed E-state index contributed by atoms with van der Waals surface area (Å²) in [6.07, 6.45) is 2.70. The Labute approximate surface area is 120 Å². The molecule has 1 saturated carbocycles. The number of carbonyl (C=O) groups is 1. The summed E-state index contributed by atoms with van der Waals surface area (Å²) in [5, 5.41) is 8.77. The van der Waals surface area contributed by atoms with Crippen LogP contribution in [-0.2, 0) is 0 Å². The van der Waals surface area contributed by atoms with Crippen LogP contribution in [-0.4, -0.2) is 35.1 Å². The second-order valence-corrected chi connectivity index (χ2v) is 5.08. The summed E-state index contributed by atoms with van der Waals surface area (Å²) < 4.78 is 0. The Morgan fingerprint density at radius 3 is 2.80 bits per heavy atom. The highest BCUT2D eigenvalue weighted by atomic mass is 16.2. The first-order chi connectivity index (χ1) is 9.69. The molecule has 0 aliphatic heterocycles. The Morgan fingerprint density at radius 1 is 1.45 bits per heavy atom. The van der Waals surface area contributed by atoms with Crippen molar-refractivity contribution in [2.75, 3.05) is 13.2 Å². The zero-order chi connectivity index (χ0) is 14.5. The molecule has 3 heteroatoms. The molecule has 0 saturated heterocycles. The third-order valence-corrected chi connectivity index (χ3v) is 3.61. The number of carbonyl (C=O) groups excluding carboxylic acids is 1. The first-order valence-corrected chi connectivity index (χ1v) is 7.19. The van der Waals surface area contributed by atoms with Crippen LogP contribution in [0.2, 0.25) is 0 Å². The molecule has 0 atom stereocenters. The van der Waals surface area contributed by atoms with Gasteiger partial charge in [0, 0.05) is 30.1 Å². The number of amides is 1. The van der Waals surface area contributed by atoms with Crippen molar-refractivity contribution in [1.82, 2.24) is 4.90 Å². The molecule has 3 nitrogen and oxygen atoms in total. The quantitative estimate of drug-likeness (QED) is 0.854. The topological polar surface area (TPSA) is 40.5 Å². The van der Waals surface area contributed by atoms with Gasteiger partial charge in [0.05, 0.1) is 6.61 Å². The van der Waals surface area contributed by atoms with Crippen LogP contribution in [0.1, 0.15) is 47.7 Å². The van der Waals surface area contributed by atoms with Gasteiger partial charge in [-0.2, -0.15) is 0 Å². The van der Waals surface area contributed by atoms with Crippen molar-refractivity contribution >= 4 is 5.91 Å². The Balaban J connectivity index is 2.26. The lowest BCUT2D eigenvalue weighted by Crippen LogP contribution is -2.33. The molecule has 1 aliphatic carbocycles. The lowest BCUT2D eigenvalue weighted by Gasteiger charge is -2.21. The van der Waals surface area contributed by atoms with E-state index in [1.165, 1.54) is 0 Å². The molecular weight excluding hydrogens is 250 g/mol. The number of hydrogen-bond acceptors (Lipinski definition) is 2. The molecule has 1 aliphatic rings. The van der Waals surface area contributed by atoms with Gasteiger partial charge in [0.2, 0.25) is 0 Å². The molecule has 0 heterocycles. The lowest BCUT2D eigenvalue weighted by molar-refractivity contribution is 0.0752. The van der Waals surface area contributed by atoms with E-state index in [9.17, 15) is 4.79 Å². The fraction of sp³-hybridized carbons (Fsp3) is 0.471. The van der Waals surface area contributed by atoms with Crippen LogP contribution in [0.25, 0.3) is 0 Å². The molecule has 1 aromatic rings. The van der Waals surface area contributed by atoms with Crippen LogP contribution in [0, 0.1) is 18.8 Å². The number of hydrogen-bond donors (Lipinski definition) is 1. The van der Waals surface area contributed by atoms with Crippen LogP contribution in [0.5, 0.6) is 0 Å². The normalized spacial score (nSPS) is 13.6. The number of nitrogens with zero attached hydrogens (tertiary/aromatic N) is 1. The van der Waals surface area contributed by atoms with Crippen molar-refractivity contribution in [3.05, 3.63) is 34.9 Å². The van der Waals surface area contributed by atoms with E-state index >= 15 is 0 Å². The molecular formula is C17H21NO2. The van der Waals surface area contributed by atoms with Gasteiger partial charge in [0.25, 0.3) is 5.91 Å². The van der Waals surface area contributed by atoms with Gasteiger partial charge in [0.1, 0.15) is 0 Å². The molecule has 1 N–H and O–H groups in total. The van der Waals surface area contributed by atoms with Crippen molar-refractivity contribution in [3.8, 4) is 11.8 Å². The lowest BCUT2D eigenvalue weighted by atomic mass is 10.0. The van der Waals surface area contributed by atoms with E-state index in [0.29, 0.717) is 12.5 Å². The molecule has 0 spiro atoms. The van der Waals surface area contributed by atoms with Crippen LogP contribution >= 0.6 is 0 Å². The monoisotopic (exact) mass is 271 g/mol. The summed E-state index contributed by atoms with van der Waals surface area (Å²) in [6.45, 7) is 4.78. The van der Waals surface area contributed by atoms with E-state index in [2.05, 4.69) is 11.8 Å². The fourth-order valence-corrected chi connectivity index (χ4v) is 2.32. The Hall–Kier alpha value is -1.79. The average Bonchev–Trinajstić information content (AvgIpc) is 3.26. The highest BCUT2D eigenvalue weighted by Crippen LogP contribution is 2.28. The van der Waals surface area contributed by atoms with Gasteiger partial charge in [-0.1, -0.05) is 17.9 Å². The highest BCUT2D eigenvalue weighted by Gasteiger charge is 2.32. The van der Waals surface area contributed by atoms with Gasteiger partial charge in [-0.3, -0.25) is 4.79 Å². The number of aliphatic hydroxyl groups is 1. The first-order valence-electron chi connectivity index (χ1n) is 7.19. The van der Waals surface area contributed by atoms with Crippen LogP contribution < -0.4 is 0 Å². The van der Waals surface area contributed by atoms with E-state index in [1.54, 1.807) is 0 Å². The maximum atomic E-state index is 12.6. The summed E-state index contributed by atoms with van der Waals surface area (Å²) in [7, 11) is 0. The number of aliphatic hydroxyl groups excluding tert-OH is 1. The molecule has 20 heavy (non-hydrogen) atoms. The predicted molar refractivity (Wildman–Crippen MR) is 79.5 cm³/mol. The first kappa shape index (κ1) is 14.6. The zero-order valence-corrected chi connectivity index (χ0v) is 12.1. The Morgan fingerprint density at radius 2 is 2.20 bits per heavy atom. The van der Waals surface area contributed by atoms with Crippen molar-refractivity contribution in [2.45, 2.75) is 39.2 Å². The van der Waals surface area contributed by atoms with E-state index in [4.69, 9.17) is 5.11 Å². The second kappa shape index (κ2) is 6.58. The third-order valence-electron chi connectivity index (χ3n) is 3.61. The highest BCUT2D eigenvalue weighted by molar-refractivity contribution is 5.96. The molecule has 0 bridgehead atoms. The van der Waals surface area contributed by atoms with E-state index < -0.39 is 0 Å². The Bertz CT molecular complexity index is 550. The van der Waals surface area contributed by atoms with Crippen LogP contribution in [0.3, 0.4) is 0 Å². The largest absolute Gasteiger partial charge is 0.395 e. The molecule has 0 radical (unpaired) electrons. The molecule has 1 amide bonds. The molecule has 106 valence electrons. The van der Waals surface area contributed by atoms with Gasteiger partial charge in [0.15, 0.2) is 0 Å². The minimum absolute atomic E-state index is 0.0654. The summed E-state index contributed by atoms with van der Waals surface area (Å²) in [4.78, 5) is 14.5. The Kier molecular flexibility index (Phi) is 4.81. The van der Waals surface area contributed by atoms with Crippen LogP contribution in [0.4, 0.5) is 0 Å². The van der Waals surface area contributed by atoms with Crippen molar-refractivity contribution < 1.29 is 9.90 Å². The maximum Gasteiger partial charge on any atom is 0.254 e.